The Morgan fingerprint density at radius 1 is 0.288 bits per heavy atom. The Kier molecular flexibility index (Phi) is 35.0. The summed E-state index contributed by atoms with van der Waals surface area (Å²) >= 11 is 0. The average Bonchev–Trinajstić information content (AvgIpc) is 3.36. The van der Waals surface area contributed by atoms with Crippen LogP contribution in [0.2, 0.25) is 6.32 Å². The molecule has 0 atom stereocenters. The number of benzene rings is 3. The molecule has 5 heteroatoms. The first-order valence-corrected chi connectivity index (χ1v) is 28.4. The van der Waals surface area contributed by atoms with E-state index in [-0.39, 0.29) is 0 Å². The molecule has 4 nitrogen and oxygen atoms in total. The summed E-state index contributed by atoms with van der Waals surface area (Å²) in [4.78, 5) is 0. The summed E-state index contributed by atoms with van der Waals surface area (Å²) < 4.78 is 17.9. The van der Waals surface area contributed by atoms with Crippen molar-refractivity contribution in [3.05, 3.63) is 72.8 Å². The van der Waals surface area contributed by atoms with Crippen LogP contribution in [0.15, 0.2) is 72.8 Å². The summed E-state index contributed by atoms with van der Waals surface area (Å²) in [6.07, 6.45) is 42.4. The van der Waals surface area contributed by atoms with Crippen molar-refractivity contribution in [1.29, 1.82) is 0 Å². The van der Waals surface area contributed by atoms with Crippen LogP contribution in [0, 0.1) is 0 Å². The molecule has 66 heavy (non-hydrogen) atoms. The fraction of sp³-hybridized carbons (Fsp3) is 0.705. The van der Waals surface area contributed by atoms with Gasteiger partial charge in [-0.1, -0.05) is 212 Å². The smallest absolute Gasteiger partial charge is 0.118 e. The molecular weight excluding hydrogens is 805 g/mol. The van der Waals surface area contributed by atoms with Gasteiger partial charge in [0.15, 0.2) is 0 Å². The molecule has 0 saturated carbocycles. The van der Waals surface area contributed by atoms with E-state index in [0.717, 1.165) is 23.6 Å². The van der Waals surface area contributed by atoms with Gasteiger partial charge in [-0.15, -0.1) is 0 Å². The van der Waals surface area contributed by atoms with E-state index in [1.54, 1.807) is 21.3 Å². The van der Waals surface area contributed by atoms with Crippen LogP contribution in [-0.4, -0.2) is 58.1 Å². The largest absolute Gasteiger partial charge is 0.497 e. The lowest BCUT2D eigenvalue weighted by atomic mass is 9.14. The molecule has 0 amide bonds. The lowest BCUT2D eigenvalue weighted by Gasteiger charge is -2.43. The number of rotatable bonds is 41. The highest BCUT2D eigenvalue weighted by Crippen LogP contribution is 2.24. The van der Waals surface area contributed by atoms with E-state index in [9.17, 15) is 0 Å². The van der Waals surface area contributed by atoms with Crippen molar-refractivity contribution < 1.29 is 18.7 Å². The van der Waals surface area contributed by atoms with E-state index in [0.29, 0.717) is 0 Å². The van der Waals surface area contributed by atoms with Crippen molar-refractivity contribution >= 4 is 22.5 Å². The van der Waals surface area contributed by atoms with Gasteiger partial charge in [0.2, 0.25) is 0 Å². The normalized spacial score (nSPS) is 11.6. The van der Waals surface area contributed by atoms with Gasteiger partial charge in [-0.2, -0.15) is 22.7 Å². The number of hydrogen-bond acceptors (Lipinski definition) is 3. The number of ether oxygens (including phenoxy) is 3. The molecule has 0 radical (unpaired) electrons. The zero-order chi connectivity index (χ0) is 47.8. The molecule has 0 aromatic heterocycles. The van der Waals surface area contributed by atoms with Crippen molar-refractivity contribution in [2.45, 2.75) is 234 Å². The molecule has 0 bridgehead atoms. The Labute approximate surface area is 410 Å². The van der Waals surface area contributed by atoms with E-state index in [1.807, 2.05) is 0 Å². The van der Waals surface area contributed by atoms with Crippen LogP contribution in [0.25, 0.3) is 0 Å². The van der Waals surface area contributed by atoms with E-state index >= 15 is 0 Å². The van der Waals surface area contributed by atoms with Crippen LogP contribution in [0.5, 0.6) is 17.2 Å². The van der Waals surface area contributed by atoms with E-state index in [2.05, 4.69) is 107 Å². The zero-order valence-electron chi connectivity index (χ0n) is 44.9. The minimum atomic E-state index is -1.17. The van der Waals surface area contributed by atoms with Crippen molar-refractivity contribution in [3.63, 3.8) is 0 Å². The molecule has 0 aliphatic rings. The zero-order valence-corrected chi connectivity index (χ0v) is 44.9. The van der Waals surface area contributed by atoms with Gasteiger partial charge in [-0.3, -0.25) is 0 Å². The van der Waals surface area contributed by atoms with Gasteiger partial charge in [0.25, 0.3) is 0 Å². The molecule has 376 valence electrons. The Hall–Kier alpha value is -2.92. The molecule has 3 aromatic rings. The van der Waals surface area contributed by atoms with Crippen LogP contribution >= 0.6 is 0 Å². The summed E-state index contributed by atoms with van der Waals surface area (Å²) in [5, 5.41) is 0. The quantitative estimate of drug-likeness (QED) is 0.0322. The van der Waals surface area contributed by atoms with E-state index in [1.165, 1.54) is 240 Å². The van der Waals surface area contributed by atoms with Gasteiger partial charge < -0.3 is 18.7 Å². The van der Waals surface area contributed by atoms with Crippen LogP contribution in [-0.2, 0) is 0 Å². The minimum absolute atomic E-state index is 0.882. The highest BCUT2D eigenvalue weighted by atomic mass is 16.5. The van der Waals surface area contributed by atoms with Crippen molar-refractivity contribution in [3.8, 4) is 17.2 Å². The molecule has 0 heterocycles. The second-order valence-corrected chi connectivity index (χ2v) is 20.2. The topological polar surface area (TPSA) is 27.7 Å². The monoisotopic (exact) mass is 912 g/mol. The Morgan fingerprint density at radius 3 is 0.727 bits per heavy atom. The van der Waals surface area contributed by atoms with Crippen molar-refractivity contribution in [2.75, 3.05) is 47.5 Å². The molecule has 3 rings (SSSR count). The summed E-state index contributed by atoms with van der Waals surface area (Å²) in [7, 11) is 5.16. The lowest BCUT2D eigenvalue weighted by molar-refractivity contribution is -0.929. The maximum atomic E-state index is 5.46. The van der Waals surface area contributed by atoms with Gasteiger partial charge in [-0.25, -0.2) is 0 Å². The second-order valence-electron chi connectivity index (χ2n) is 20.2. The summed E-state index contributed by atoms with van der Waals surface area (Å²) in [5.41, 5.74) is 4.00. The van der Waals surface area contributed by atoms with E-state index in [4.69, 9.17) is 14.2 Å². The Balaban J connectivity index is 0.000000453. The first kappa shape index (κ1) is 59.2. The third-order valence-corrected chi connectivity index (χ3v) is 15.0. The van der Waals surface area contributed by atoms with Gasteiger partial charge in [-0.05, 0) is 87.8 Å². The standard InChI is InChI=1S/C32H68N.C29H38BO3/c1-5-9-13-17-21-25-29-33(30-26-22-18-14-10-6-2,31-27-23-19-15-11-7-3)32-28-24-20-16-12-8-4;1-5-6-7-8-9-10-23-30(24-11-17-27(31-2)18-12-24,25-13-19-28(32-3)20-14-25)26-15-21-29(33-4)22-16-26/h5-32H2,1-4H3;11-22H,5-10,23H2,1-4H3/q+1;-1. The number of methoxy groups -OCH3 is 3. The SMILES string of the molecule is CCCCCCCC[B-](c1ccc(OC)cc1)(c1ccc(OC)cc1)c1ccc(OC)cc1.CCCCCCCC[N+](CCCCCCCC)(CCCCCCCC)CCCCCCCC. The fourth-order valence-electron chi connectivity index (χ4n) is 10.7. The fourth-order valence-corrected chi connectivity index (χ4v) is 10.7. The van der Waals surface area contributed by atoms with Gasteiger partial charge in [0, 0.05) is 0 Å². The molecule has 0 aliphatic carbocycles. The van der Waals surface area contributed by atoms with Gasteiger partial charge in [0.05, 0.1) is 53.7 Å². The van der Waals surface area contributed by atoms with Gasteiger partial charge in [0.1, 0.15) is 17.2 Å². The van der Waals surface area contributed by atoms with Crippen LogP contribution < -0.4 is 30.6 Å². The van der Waals surface area contributed by atoms with Crippen LogP contribution in [0.1, 0.15) is 227 Å². The predicted molar refractivity (Wildman–Crippen MR) is 295 cm³/mol. The van der Waals surface area contributed by atoms with E-state index < -0.39 is 6.15 Å². The van der Waals surface area contributed by atoms with Crippen LogP contribution in [0.3, 0.4) is 0 Å². The number of unbranched alkanes of at least 4 members (excludes halogenated alkanes) is 25. The molecule has 0 N–H and O–H groups in total. The first-order chi connectivity index (χ1) is 32.4. The van der Waals surface area contributed by atoms with Crippen LogP contribution in [0.4, 0.5) is 0 Å². The number of hydrogen-bond donors (Lipinski definition) is 0. The van der Waals surface area contributed by atoms with Gasteiger partial charge >= 0.3 is 0 Å². The molecule has 0 saturated heterocycles. The number of nitrogens with zero attached hydrogens (tertiary/aromatic N) is 1. The summed E-state index contributed by atoms with van der Waals surface area (Å²) in [6.45, 7) is 17.5. The third kappa shape index (κ3) is 23.9. The Bertz CT molecular complexity index is 1320. The predicted octanol–water partition coefficient (Wildman–Crippen LogP) is 16.8. The van der Waals surface area contributed by atoms with Crippen molar-refractivity contribution in [2.24, 2.45) is 0 Å². The summed E-state index contributed by atoms with van der Waals surface area (Å²) in [6, 6.07) is 25.9. The molecule has 0 unspecified atom stereocenters. The highest BCUT2D eigenvalue weighted by molar-refractivity contribution is 7.11. The first-order valence-electron chi connectivity index (χ1n) is 28.4. The lowest BCUT2D eigenvalue weighted by Crippen LogP contribution is -2.66. The molecular formula is C61H106BNO3. The third-order valence-electron chi connectivity index (χ3n) is 15.0. The summed E-state index contributed by atoms with van der Waals surface area (Å²) in [5.74, 6) is 2.65. The van der Waals surface area contributed by atoms with Crippen molar-refractivity contribution in [1.82, 2.24) is 0 Å². The molecule has 0 spiro atoms. The highest BCUT2D eigenvalue weighted by Gasteiger charge is 2.30. The minimum Gasteiger partial charge on any atom is -0.497 e. The number of quaternary nitrogens is 1. The maximum absolute atomic E-state index is 5.46. The molecule has 0 aliphatic heterocycles. The average molecular weight is 912 g/mol. The second kappa shape index (κ2) is 39.0. The molecule has 0 fully saturated rings. The maximum Gasteiger partial charge on any atom is 0.118 e. The molecule has 3 aromatic carbocycles. The Morgan fingerprint density at radius 2 is 0.500 bits per heavy atom.